The standard InChI is InChI=1S/C12H9ClF3NO2/c13-11(19)7-4-10(18)17(6-7)9-3-1-2-8(5-9)12(14,15)16/h1-3,5,7H,4,6H2/t7-/m0/s1. The quantitative estimate of drug-likeness (QED) is 0.786. The molecular formula is C12H9ClF3NO2. The van der Waals surface area contributed by atoms with E-state index in [0.717, 1.165) is 17.0 Å². The molecule has 0 N–H and O–H groups in total. The molecule has 2 rings (SSSR count). The monoisotopic (exact) mass is 291 g/mol. The van der Waals surface area contributed by atoms with Crippen molar-refractivity contribution in [2.24, 2.45) is 5.92 Å². The summed E-state index contributed by atoms with van der Waals surface area (Å²) in [4.78, 5) is 23.8. The highest BCUT2D eigenvalue weighted by Gasteiger charge is 2.36. The maximum absolute atomic E-state index is 12.6. The molecule has 0 aliphatic carbocycles. The van der Waals surface area contributed by atoms with E-state index in [4.69, 9.17) is 11.6 Å². The number of alkyl halides is 3. The Labute approximate surface area is 111 Å². The van der Waals surface area contributed by atoms with Crippen LogP contribution < -0.4 is 4.90 Å². The molecule has 0 radical (unpaired) electrons. The number of carbonyl (C=O) groups excluding carboxylic acids is 2. The molecule has 1 heterocycles. The predicted molar refractivity (Wildman–Crippen MR) is 62.8 cm³/mol. The van der Waals surface area contributed by atoms with Gasteiger partial charge in [0, 0.05) is 18.7 Å². The third-order valence-electron chi connectivity index (χ3n) is 2.93. The van der Waals surface area contributed by atoms with Gasteiger partial charge in [-0.05, 0) is 29.8 Å². The fourth-order valence-electron chi connectivity index (χ4n) is 1.96. The smallest absolute Gasteiger partial charge is 0.312 e. The molecule has 0 spiro atoms. The zero-order valence-corrected chi connectivity index (χ0v) is 10.3. The van der Waals surface area contributed by atoms with Gasteiger partial charge < -0.3 is 4.90 Å². The first-order valence-electron chi connectivity index (χ1n) is 5.46. The molecule has 1 aromatic carbocycles. The van der Waals surface area contributed by atoms with Gasteiger partial charge in [0.15, 0.2) is 0 Å². The van der Waals surface area contributed by atoms with Crippen molar-refractivity contribution in [3.8, 4) is 0 Å². The highest BCUT2D eigenvalue weighted by Crippen LogP contribution is 2.33. The molecule has 3 nitrogen and oxygen atoms in total. The van der Waals surface area contributed by atoms with Gasteiger partial charge in [0.25, 0.3) is 0 Å². The number of benzene rings is 1. The van der Waals surface area contributed by atoms with Crippen molar-refractivity contribution in [2.45, 2.75) is 12.6 Å². The van der Waals surface area contributed by atoms with Crippen LogP contribution in [-0.4, -0.2) is 17.7 Å². The Hall–Kier alpha value is -1.56. The number of carbonyl (C=O) groups is 2. The molecule has 1 aromatic rings. The number of nitrogens with zero attached hydrogens (tertiary/aromatic N) is 1. The molecule has 1 saturated heterocycles. The molecule has 19 heavy (non-hydrogen) atoms. The minimum Gasteiger partial charge on any atom is -0.312 e. The lowest BCUT2D eigenvalue weighted by molar-refractivity contribution is -0.137. The van der Waals surface area contributed by atoms with Gasteiger partial charge in [-0.1, -0.05) is 6.07 Å². The first kappa shape index (κ1) is 13.9. The number of amides is 1. The first-order valence-corrected chi connectivity index (χ1v) is 5.84. The lowest BCUT2D eigenvalue weighted by Crippen LogP contribution is -2.25. The average Bonchev–Trinajstić information content (AvgIpc) is 2.71. The number of rotatable bonds is 2. The maximum atomic E-state index is 12.6. The average molecular weight is 292 g/mol. The van der Waals surface area contributed by atoms with Crippen LogP contribution in [-0.2, 0) is 15.8 Å². The molecule has 0 aromatic heterocycles. The molecule has 1 aliphatic heterocycles. The van der Waals surface area contributed by atoms with E-state index in [1.54, 1.807) is 0 Å². The Morgan fingerprint density at radius 1 is 1.37 bits per heavy atom. The largest absolute Gasteiger partial charge is 0.416 e. The second-order valence-electron chi connectivity index (χ2n) is 4.26. The molecule has 1 atom stereocenters. The number of anilines is 1. The number of hydrogen-bond donors (Lipinski definition) is 0. The minimum atomic E-state index is -4.47. The number of hydrogen-bond acceptors (Lipinski definition) is 2. The molecule has 7 heteroatoms. The maximum Gasteiger partial charge on any atom is 0.416 e. The fourth-order valence-corrected chi connectivity index (χ4v) is 2.11. The Bertz CT molecular complexity index is 530. The SMILES string of the molecule is O=C(Cl)[C@H]1CC(=O)N(c2cccc(C(F)(F)F)c2)C1. The van der Waals surface area contributed by atoms with Crippen LogP contribution in [0.2, 0.25) is 0 Å². The number of halogens is 4. The molecule has 0 unspecified atom stereocenters. The van der Waals surface area contributed by atoms with Gasteiger partial charge in [-0.2, -0.15) is 13.2 Å². The van der Waals surface area contributed by atoms with E-state index < -0.39 is 28.8 Å². The van der Waals surface area contributed by atoms with Crippen molar-refractivity contribution in [2.75, 3.05) is 11.4 Å². The zero-order valence-electron chi connectivity index (χ0n) is 9.58. The van der Waals surface area contributed by atoms with Crippen LogP contribution in [0.5, 0.6) is 0 Å². The Balaban J connectivity index is 2.28. The van der Waals surface area contributed by atoms with Crippen molar-refractivity contribution in [1.29, 1.82) is 0 Å². The van der Waals surface area contributed by atoms with Crippen LogP contribution in [0.4, 0.5) is 18.9 Å². The summed E-state index contributed by atoms with van der Waals surface area (Å²) in [6, 6.07) is 4.43. The first-order chi connectivity index (χ1) is 8.79. The third-order valence-corrected chi connectivity index (χ3v) is 3.24. The summed E-state index contributed by atoms with van der Waals surface area (Å²) in [5.41, 5.74) is -0.710. The zero-order chi connectivity index (χ0) is 14.2. The topological polar surface area (TPSA) is 37.4 Å². The highest BCUT2D eigenvalue weighted by atomic mass is 35.5. The van der Waals surface area contributed by atoms with E-state index in [9.17, 15) is 22.8 Å². The van der Waals surface area contributed by atoms with Crippen LogP contribution in [0.1, 0.15) is 12.0 Å². The summed E-state index contributed by atoms with van der Waals surface area (Å²) in [5, 5.41) is -0.650. The van der Waals surface area contributed by atoms with Gasteiger partial charge in [-0.15, -0.1) is 0 Å². The molecule has 102 valence electrons. The van der Waals surface area contributed by atoms with Gasteiger partial charge in [0.1, 0.15) is 0 Å². The van der Waals surface area contributed by atoms with E-state index in [1.807, 2.05) is 0 Å². The summed E-state index contributed by atoms with van der Waals surface area (Å²) in [6.45, 7) is 0.0163. The Morgan fingerprint density at radius 2 is 2.05 bits per heavy atom. The van der Waals surface area contributed by atoms with E-state index in [-0.39, 0.29) is 18.7 Å². The minimum absolute atomic E-state index is 0.0163. The van der Waals surface area contributed by atoms with Crippen LogP contribution in [0.3, 0.4) is 0 Å². The molecule has 0 bridgehead atoms. The molecule has 1 amide bonds. The van der Waals surface area contributed by atoms with Gasteiger partial charge in [0.05, 0.1) is 11.5 Å². The van der Waals surface area contributed by atoms with Crippen LogP contribution >= 0.6 is 11.6 Å². The summed E-state index contributed by atoms with van der Waals surface area (Å²) >= 11 is 5.31. The van der Waals surface area contributed by atoms with Gasteiger partial charge in [-0.25, -0.2) is 0 Å². The predicted octanol–water partition coefficient (Wildman–Crippen LogP) is 2.82. The van der Waals surface area contributed by atoms with Crippen LogP contribution in [0.25, 0.3) is 0 Å². The lowest BCUT2D eigenvalue weighted by Gasteiger charge is -2.17. The normalized spacial score (nSPS) is 19.9. The lowest BCUT2D eigenvalue weighted by atomic mass is 10.1. The van der Waals surface area contributed by atoms with Crippen LogP contribution in [0, 0.1) is 5.92 Å². The van der Waals surface area contributed by atoms with E-state index >= 15 is 0 Å². The van der Waals surface area contributed by atoms with Crippen molar-refractivity contribution in [3.63, 3.8) is 0 Å². The third kappa shape index (κ3) is 2.89. The van der Waals surface area contributed by atoms with Crippen molar-refractivity contribution >= 4 is 28.4 Å². The van der Waals surface area contributed by atoms with Crippen molar-refractivity contribution < 1.29 is 22.8 Å². The molecule has 1 aliphatic rings. The van der Waals surface area contributed by atoms with E-state index in [0.29, 0.717) is 0 Å². The second kappa shape index (κ2) is 4.85. The van der Waals surface area contributed by atoms with Gasteiger partial charge in [0.2, 0.25) is 11.1 Å². The highest BCUT2D eigenvalue weighted by molar-refractivity contribution is 6.64. The summed E-state index contributed by atoms with van der Waals surface area (Å²) in [7, 11) is 0. The molecule has 1 fully saturated rings. The summed E-state index contributed by atoms with van der Waals surface area (Å²) in [6.07, 6.45) is -4.54. The van der Waals surface area contributed by atoms with Crippen molar-refractivity contribution in [3.05, 3.63) is 29.8 Å². The van der Waals surface area contributed by atoms with Gasteiger partial charge in [-0.3, -0.25) is 9.59 Å². The van der Waals surface area contributed by atoms with Crippen LogP contribution in [0.15, 0.2) is 24.3 Å². The summed E-state index contributed by atoms with van der Waals surface area (Å²) < 4.78 is 37.7. The van der Waals surface area contributed by atoms with Crippen molar-refractivity contribution in [1.82, 2.24) is 0 Å². The second-order valence-corrected chi connectivity index (χ2v) is 4.63. The Morgan fingerprint density at radius 3 is 2.58 bits per heavy atom. The fraction of sp³-hybridized carbons (Fsp3) is 0.333. The van der Waals surface area contributed by atoms with Gasteiger partial charge >= 0.3 is 6.18 Å². The summed E-state index contributed by atoms with van der Waals surface area (Å²) in [5.74, 6) is -1.07. The Kier molecular flexibility index (Phi) is 3.54. The molecule has 0 saturated carbocycles. The van der Waals surface area contributed by atoms with E-state index in [2.05, 4.69) is 0 Å². The van der Waals surface area contributed by atoms with E-state index in [1.165, 1.54) is 12.1 Å². The molecular weight excluding hydrogens is 283 g/mol.